The number of carbonyl (C=O) groups excluding carboxylic acids is 5. The van der Waals surface area contributed by atoms with Crippen LogP contribution in [0.15, 0.2) is 200 Å². The Morgan fingerprint density at radius 2 is 0.718 bits per heavy atom. The molecule has 0 fully saturated rings. The van der Waals surface area contributed by atoms with Gasteiger partial charge in [-0.25, -0.2) is 0 Å². The monoisotopic (exact) mass is 1510 g/mol. The first-order valence-electron chi connectivity index (χ1n) is 31.8. The standard InChI is InChI=1S/C27H24Cl2N2O3.C25H20Cl2N2O3.C20H22N2O2.C7H3Cl3O.Li.H2O/c1-3-34-26(32)16-31-17(2)22(21-6-4-5-7-25(21)31)14-18-8-11-20(12-9-18)30-27(33)19-10-13-23(28)24(29)15-19;1-15-20(19-4-2-3-5-23(19)29(15)14-24(30)31)12-16-6-9-18(10-7-16)28-25(32)17-8-11-21(26)22(27)13-17;1-3-24-20(23)13-22-14(2)18(17-6-4-5-7-19(17)22)12-15-8-10-16(21)11-9-15;8-5-2-1-4(7(10)11)3-6(5)9;;/h4-13,15H,3,14,16H2,1-2H3,(H,30,33);2-11,13H,12,14H2,1H3,(H,28,32)(H,30,31);4-11H,3,12-13,21H2,1-2H3;1-3H;;1H2/q;;;;+1;/p-1. The summed E-state index contributed by atoms with van der Waals surface area (Å²) in [5.41, 5.74) is 22.0. The molecule has 0 spiro atoms. The van der Waals surface area contributed by atoms with Crippen LogP contribution in [0, 0.1) is 20.8 Å². The third-order valence-corrected chi connectivity index (χ3v) is 19.1. The van der Waals surface area contributed by atoms with Gasteiger partial charge in [-0.3, -0.25) is 28.8 Å². The molecule has 0 aliphatic carbocycles. The molecule has 9 aromatic carbocycles. The maximum Gasteiger partial charge on any atom is 1.00 e. The van der Waals surface area contributed by atoms with Gasteiger partial charge in [0.2, 0.25) is 0 Å². The summed E-state index contributed by atoms with van der Waals surface area (Å²) >= 11 is 40.3. The number of carboxylic acids is 1. The quantitative estimate of drug-likeness (QED) is 0.0257. The van der Waals surface area contributed by atoms with Gasteiger partial charge in [0.25, 0.3) is 17.1 Å². The van der Waals surface area contributed by atoms with E-state index in [-0.39, 0.29) is 67.7 Å². The molecule has 0 atom stereocenters. The average Bonchev–Trinajstić information content (AvgIpc) is 1.64. The van der Waals surface area contributed by atoms with Crippen molar-refractivity contribution < 1.29 is 67.7 Å². The molecule has 526 valence electrons. The van der Waals surface area contributed by atoms with E-state index in [1.807, 2.05) is 168 Å². The van der Waals surface area contributed by atoms with E-state index in [0.717, 1.165) is 78.8 Å². The Kier molecular flexibility index (Phi) is 30.0. The SMILES string of the molecule is CCOC(=O)Cn1c(C)c(Cc2ccc(N)cc2)c2ccccc21.CCOC(=O)Cn1c(C)c(Cc2ccc(NC(=O)c3ccc(Cl)c(Cl)c3)cc2)c2ccccc21.Cc1c(Cc2ccc(NC(=O)c3ccc(Cl)c(Cl)c3)cc2)c2ccccc2n1CC(=O)O.O=C(Cl)c1ccc(Cl)c(Cl)c1.[Li+].[OH-]. The molecule has 0 unspecified atom stereocenters. The minimum atomic E-state index is -0.873. The van der Waals surface area contributed by atoms with Crippen molar-refractivity contribution in [3.8, 4) is 0 Å². The molecule has 103 heavy (non-hydrogen) atoms. The predicted molar refractivity (Wildman–Crippen MR) is 410 cm³/mol. The van der Waals surface area contributed by atoms with Crippen LogP contribution in [0.25, 0.3) is 32.7 Å². The number of hydrogen-bond acceptors (Lipinski definition) is 10. The number of fused-ring (bicyclic) bond motifs is 3. The van der Waals surface area contributed by atoms with Crippen LogP contribution in [-0.2, 0) is 62.8 Å². The van der Waals surface area contributed by atoms with Crippen molar-refractivity contribution in [1.29, 1.82) is 0 Å². The van der Waals surface area contributed by atoms with Crippen LogP contribution < -0.4 is 35.2 Å². The Bertz CT molecular complexity index is 5040. The first-order valence-corrected chi connectivity index (χ1v) is 34.5. The van der Waals surface area contributed by atoms with Crippen molar-refractivity contribution in [2.24, 2.45) is 0 Å². The van der Waals surface area contributed by atoms with Crippen LogP contribution >= 0.6 is 81.2 Å². The van der Waals surface area contributed by atoms with Gasteiger partial charge in [0.1, 0.15) is 19.6 Å². The summed E-state index contributed by atoms with van der Waals surface area (Å²) in [4.78, 5) is 71.0. The molecule has 3 heterocycles. The molecule has 0 saturated heterocycles. The Morgan fingerprint density at radius 1 is 0.417 bits per heavy atom. The number of aromatic nitrogens is 3. The normalized spacial score (nSPS) is 10.6. The number of aliphatic carboxylic acids is 1. The average molecular weight is 1520 g/mol. The molecule has 24 heteroatoms. The number of nitrogens with two attached hydrogens (primary N) is 1. The number of halogens is 7. The third kappa shape index (κ3) is 21.1. The number of rotatable bonds is 19. The van der Waals surface area contributed by atoms with E-state index >= 15 is 0 Å². The van der Waals surface area contributed by atoms with Crippen LogP contribution in [0.4, 0.5) is 17.1 Å². The van der Waals surface area contributed by atoms with Crippen LogP contribution in [0.1, 0.15) is 95.4 Å². The van der Waals surface area contributed by atoms with Gasteiger partial charge >= 0.3 is 36.8 Å². The van der Waals surface area contributed by atoms with Crippen molar-refractivity contribution >= 4 is 166 Å². The Labute approximate surface area is 642 Å². The second kappa shape index (κ2) is 38.0. The number of ether oxygens (including phenoxy) is 2. The van der Waals surface area contributed by atoms with Crippen LogP contribution in [0.2, 0.25) is 30.1 Å². The van der Waals surface area contributed by atoms with Gasteiger partial charge in [0.15, 0.2) is 0 Å². The van der Waals surface area contributed by atoms with E-state index in [2.05, 4.69) is 29.7 Å². The molecule has 12 rings (SSSR count). The summed E-state index contributed by atoms with van der Waals surface area (Å²) in [6, 6.07) is 61.3. The van der Waals surface area contributed by atoms with Gasteiger partial charge in [0, 0.05) is 83.5 Å². The first-order chi connectivity index (χ1) is 48.4. The fourth-order valence-electron chi connectivity index (χ4n) is 11.6. The molecule has 16 nitrogen and oxygen atoms in total. The third-order valence-electron chi connectivity index (χ3n) is 16.6. The fourth-order valence-corrected chi connectivity index (χ4v) is 12.6. The van der Waals surface area contributed by atoms with E-state index in [0.29, 0.717) is 84.3 Å². The predicted octanol–water partition coefficient (Wildman–Crippen LogP) is 16.7. The molecule has 3 aromatic heterocycles. The Hall–Kier alpha value is -8.99. The van der Waals surface area contributed by atoms with E-state index in [1.165, 1.54) is 40.8 Å². The minimum Gasteiger partial charge on any atom is -0.870 e. The van der Waals surface area contributed by atoms with E-state index in [4.69, 9.17) is 96.4 Å². The van der Waals surface area contributed by atoms with Crippen LogP contribution in [0.3, 0.4) is 0 Å². The van der Waals surface area contributed by atoms with E-state index in [1.54, 1.807) is 37.3 Å². The van der Waals surface area contributed by atoms with E-state index in [9.17, 15) is 33.9 Å². The smallest absolute Gasteiger partial charge is 0.870 e. The molecular weight excluding hydrogens is 1450 g/mol. The molecule has 0 radical (unpaired) electrons. The zero-order valence-electron chi connectivity index (χ0n) is 56.9. The first kappa shape index (κ1) is 81.3. The molecule has 0 aliphatic heterocycles. The topological polar surface area (TPSA) is 236 Å². The molecular formula is C79H70Cl7LiN6O10. The molecule has 12 aromatic rings. The minimum absolute atomic E-state index is 0. The summed E-state index contributed by atoms with van der Waals surface area (Å²) in [5.74, 6) is -1.86. The summed E-state index contributed by atoms with van der Waals surface area (Å²) in [5, 5.41) is 20.0. The second-order valence-electron chi connectivity index (χ2n) is 23.2. The maximum atomic E-state index is 12.5. The maximum absolute atomic E-state index is 12.5. The summed E-state index contributed by atoms with van der Waals surface area (Å²) < 4.78 is 16.2. The number of amides is 2. The van der Waals surface area contributed by atoms with Gasteiger partial charge in [-0.1, -0.05) is 161 Å². The van der Waals surface area contributed by atoms with Crippen LogP contribution in [-0.4, -0.2) is 72.5 Å². The number of para-hydroxylation sites is 3. The van der Waals surface area contributed by atoms with Crippen molar-refractivity contribution in [2.45, 2.75) is 73.5 Å². The summed E-state index contributed by atoms with van der Waals surface area (Å²) in [7, 11) is 0. The Balaban J connectivity index is 0.000000201. The number of carboxylic acid groups (broad SMARTS) is 1. The molecule has 0 saturated carbocycles. The van der Waals surface area contributed by atoms with Crippen molar-refractivity contribution in [2.75, 3.05) is 29.6 Å². The number of carbonyl (C=O) groups is 6. The molecule has 6 N–H and O–H groups in total. The number of hydrogen-bond donors (Lipinski definition) is 4. The molecule has 0 bridgehead atoms. The van der Waals surface area contributed by atoms with Gasteiger partial charge in [-0.05, 0) is 208 Å². The van der Waals surface area contributed by atoms with Crippen molar-refractivity contribution in [1.82, 2.24) is 13.7 Å². The number of nitrogen functional groups attached to an aromatic ring is 1. The fraction of sp³-hybridized carbons (Fsp3) is 0.165. The zero-order valence-corrected chi connectivity index (χ0v) is 62.2. The second-order valence-corrected chi connectivity index (χ2v) is 26.0. The van der Waals surface area contributed by atoms with Gasteiger partial charge in [-0.2, -0.15) is 0 Å². The number of esters is 2. The largest absolute Gasteiger partial charge is 1.00 e. The summed E-state index contributed by atoms with van der Waals surface area (Å²) in [6.45, 7) is 10.8. The number of nitrogens with zero attached hydrogens (tertiary/aromatic N) is 3. The van der Waals surface area contributed by atoms with Crippen molar-refractivity contribution in [3.05, 3.63) is 297 Å². The number of nitrogens with one attached hydrogen (secondary N) is 2. The number of anilines is 3. The van der Waals surface area contributed by atoms with Crippen molar-refractivity contribution in [3.63, 3.8) is 0 Å². The van der Waals surface area contributed by atoms with Gasteiger partial charge < -0.3 is 50.1 Å². The molecule has 0 aliphatic rings. The van der Waals surface area contributed by atoms with Gasteiger partial charge in [-0.15, -0.1) is 0 Å². The zero-order chi connectivity index (χ0) is 72.6. The molecule has 2 amide bonds. The summed E-state index contributed by atoms with van der Waals surface area (Å²) in [6.07, 6.45) is 2.16. The van der Waals surface area contributed by atoms with Crippen LogP contribution in [0.5, 0.6) is 0 Å². The van der Waals surface area contributed by atoms with Gasteiger partial charge in [0.05, 0.1) is 43.3 Å². The Morgan fingerprint density at radius 3 is 1.03 bits per heavy atom. The number of benzene rings is 9. The van der Waals surface area contributed by atoms with E-state index < -0.39 is 11.2 Å².